The normalized spacial score (nSPS) is 18.5. The van der Waals surface area contributed by atoms with Crippen LogP contribution in [0.1, 0.15) is 35.9 Å². The van der Waals surface area contributed by atoms with E-state index < -0.39 is 0 Å². The molecule has 5 nitrogen and oxygen atoms in total. The van der Waals surface area contributed by atoms with Crippen molar-refractivity contribution in [2.24, 2.45) is 5.92 Å². The van der Waals surface area contributed by atoms with Crippen LogP contribution >= 0.6 is 11.3 Å². The minimum atomic E-state index is -0.0688. The van der Waals surface area contributed by atoms with E-state index in [2.05, 4.69) is 32.3 Å². The summed E-state index contributed by atoms with van der Waals surface area (Å²) in [6.07, 6.45) is 7.51. The number of aromatic nitrogens is 2. The average Bonchev–Trinajstić information content (AvgIpc) is 2.96. The molecule has 0 aliphatic carbocycles. The van der Waals surface area contributed by atoms with Gasteiger partial charge in [0.15, 0.2) is 5.13 Å². The Morgan fingerprint density at radius 3 is 3.00 bits per heavy atom. The first kappa shape index (κ1) is 17.0. The molecule has 1 fully saturated rings. The molecule has 3 heterocycles. The fourth-order valence-corrected chi connectivity index (χ4v) is 4.12. The van der Waals surface area contributed by atoms with Crippen molar-refractivity contribution in [2.45, 2.75) is 39.7 Å². The minimum Gasteiger partial charge on any atom is -0.302 e. The number of likely N-dealkylation sites (tertiary alicyclic amines) is 1. The van der Waals surface area contributed by atoms with Gasteiger partial charge < -0.3 is 5.32 Å². The lowest BCUT2D eigenvalue weighted by Crippen LogP contribution is -2.35. The van der Waals surface area contributed by atoms with Crippen LogP contribution in [0.15, 0.2) is 24.5 Å². The molecule has 6 heteroatoms. The molecule has 1 saturated heterocycles. The van der Waals surface area contributed by atoms with E-state index >= 15 is 0 Å². The molecule has 0 spiro atoms. The van der Waals surface area contributed by atoms with Crippen molar-refractivity contribution in [3.05, 3.63) is 40.7 Å². The number of piperidine rings is 1. The maximum absolute atomic E-state index is 11.1. The summed E-state index contributed by atoms with van der Waals surface area (Å²) in [4.78, 5) is 23.5. The summed E-state index contributed by atoms with van der Waals surface area (Å²) in [5, 5.41) is 3.44. The number of nitrogens with one attached hydrogen (secondary N) is 1. The third-order valence-electron chi connectivity index (χ3n) is 4.32. The molecule has 0 radical (unpaired) electrons. The Kier molecular flexibility index (Phi) is 5.58. The van der Waals surface area contributed by atoms with E-state index in [-0.39, 0.29) is 5.91 Å². The Morgan fingerprint density at radius 1 is 1.38 bits per heavy atom. The summed E-state index contributed by atoms with van der Waals surface area (Å²) in [5.74, 6) is 0.617. The largest absolute Gasteiger partial charge is 0.302 e. The van der Waals surface area contributed by atoms with E-state index in [1.165, 1.54) is 30.2 Å². The van der Waals surface area contributed by atoms with Crippen molar-refractivity contribution in [3.63, 3.8) is 0 Å². The van der Waals surface area contributed by atoms with Gasteiger partial charge in [0, 0.05) is 43.0 Å². The van der Waals surface area contributed by atoms with Crippen LogP contribution in [0.4, 0.5) is 5.13 Å². The summed E-state index contributed by atoms with van der Waals surface area (Å²) >= 11 is 1.57. The van der Waals surface area contributed by atoms with Gasteiger partial charge in [-0.25, -0.2) is 4.98 Å². The first-order valence-corrected chi connectivity index (χ1v) is 9.26. The second-order valence-corrected chi connectivity index (χ2v) is 7.68. The monoisotopic (exact) mass is 344 g/mol. The van der Waals surface area contributed by atoms with Crippen molar-refractivity contribution in [2.75, 3.05) is 18.4 Å². The van der Waals surface area contributed by atoms with E-state index in [9.17, 15) is 4.79 Å². The van der Waals surface area contributed by atoms with Crippen molar-refractivity contribution in [1.82, 2.24) is 14.9 Å². The van der Waals surface area contributed by atoms with Crippen molar-refractivity contribution < 1.29 is 4.79 Å². The number of anilines is 1. The Morgan fingerprint density at radius 2 is 2.25 bits per heavy atom. The number of nitrogens with zero attached hydrogens (tertiary/aromatic N) is 3. The summed E-state index contributed by atoms with van der Waals surface area (Å²) in [5.41, 5.74) is 2.40. The molecule has 3 rings (SSSR count). The lowest BCUT2D eigenvalue weighted by atomic mass is 9.92. The Labute approximate surface area is 147 Å². The molecule has 2 aromatic rings. The first-order valence-electron chi connectivity index (χ1n) is 8.44. The molecule has 1 amide bonds. The van der Waals surface area contributed by atoms with E-state index in [0.29, 0.717) is 11.0 Å². The van der Waals surface area contributed by atoms with E-state index in [4.69, 9.17) is 0 Å². The molecular formula is C18H24N4OS. The number of thiazole rings is 1. The van der Waals surface area contributed by atoms with Gasteiger partial charge in [0.25, 0.3) is 0 Å². The minimum absolute atomic E-state index is 0.0688. The zero-order valence-corrected chi connectivity index (χ0v) is 15.1. The van der Waals surface area contributed by atoms with Gasteiger partial charge in [-0.1, -0.05) is 6.07 Å². The summed E-state index contributed by atoms with van der Waals surface area (Å²) < 4.78 is 0. The predicted octanol–water partition coefficient (Wildman–Crippen LogP) is 3.26. The van der Waals surface area contributed by atoms with E-state index in [0.717, 1.165) is 31.7 Å². The van der Waals surface area contributed by atoms with Gasteiger partial charge in [0.05, 0.1) is 0 Å². The molecule has 24 heavy (non-hydrogen) atoms. The lowest BCUT2D eigenvalue weighted by molar-refractivity contribution is -0.114. The first-order chi connectivity index (χ1) is 11.6. The zero-order valence-electron chi connectivity index (χ0n) is 14.3. The van der Waals surface area contributed by atoms with Gasteiger partial charge in [-0.05, 0) is 50.3 Å². The third kappa shape index (κ3) is 4.85. The molecule has 128 valence electrons. The molecule has 1 atom stereocenters. The van der Waals surface area contributed by atoms with Crippen LogP contribution in [-0.4, -0.2) is 33.9 Å². The van der Waals surface area contributed by atoms with Crippen LogP contribution in [0, 0.1) is 12.8 Å². The number of hydrogen-bond donors (Lipinski definition) is 1. The van der Waals surface area contributed by atoms with E-state index in [1.54, 1.807) is 11.3 Å². The van der Waals surface area contributed by atoms with Crippen molar-refractivity contribution in [1.29, 1.82) is 0 Å². The zero-order chi connectivity index (χ0) is 16.9. The van der Waals surface area contributed by atoms with E-state index in [1.807, 2.05) is 19.3 Å². The highest BCUT2D eigenvalue weighted by Crippen LogP contribution is 2.25. The second kappa shape index (κ2) is 7.85. The van der Waals surface area contributed by atoms with Gasteiger partial charge in [0.2, 0.25) is 5.91 Å². The van der Waals surface area contributed by atoms with Crippen molar-refractivity contribution >= 4 is 22.4 Å². The SMILES string of the molecule is CC(=O)Nc1ncc(CN2CCCC(Cc3ccc(C)nc3)C2)s1. The topological polar surface area (TPSA) is 58.1 Å². The molecule has 1 N–H and O–H groups in total. The maximum atomic E-state index is 11.1. The van der Waals surface area contributed by atoms with Crippen LogP contribution in [0.25, 0.3) is 0 Å². The van der Waals surface area contributed by atoms with Crippen LogP contribution in [-0.2, 0) is 17.8 Å². The summed E-state index contributed by atoms with van der Waals surface area (Å²) in [7, 11) is 0. The van der Waals surface area contributed by atoms with Crippen LogP contribution in [0.2, 0.25) is 0 Å². The number of carbonyl (C=O) groups is 1. The van der Waals surface area contributed by atoms with Gasteiger partial charge in [-0.3, -0.25) is 14.7 Å². The number of rotatable bonds is 5. The van der Waals surface area contributed by atoms with Gasteiger partial charge >= 0.3 is 0 Å². The molecule has 1 aliphatic rings. The second-order valence-electron chi connectivity index (χ2n) is 6.57. The fourth-order valence-electron chi connectivity index (χ4n) is 3.22. The smallest absolute Gasteiger partial charge is 0.223 e. The Bertz CT molecular complexity index is 683. The maximum Gasteiger partial charge on any atom is 0.223 e. The van der Waals surface area contributed by atoms with Gasteiger partial charge in [-0.15, -0.1) is 11.3 Å². The number of hydrogen-bond acceptors (Lipinski definition) is 5. The standard InChI is InChI=1S/C18H24N4OS/c1-13-5-6-15(9-19-13)8-16-4-3-7-22(11-16)12-17-10-20-18(24-17)21-14(2)23/h5-6,9-10,16H,3-4,7-8,11-12H2,1-2H3,(H,20,21,23). The Balaban J connectivity index is 1.54. The number of carbonyl (C=O) groups excluding carboxylic acids is 1. The highest BCUT2D eigenvalue weighted by Gasteiger charge is 2.21. The molecule has 1 unspecified atom stereocenters. The lowest BCUT2D eigenvalue weighted by Gasteiger charge is -2.32. The number of pyridine rings is 1. The van der Waals surface area contributed by atoms with Gasteiger partial charge in [-0.2, -0.15) is 0 Å². The Hall–Kier alpha value is -1.79. The molecule has 2 aromatic heterocycles. The molecule has 0 saturated carbocycles. The molecule has 1 aliphatic heterocycles. The number of amides is 1. The number of aryl methyl sites for hydroxylation is 1. The highest BCUT2D eigenvalue weighted by atomic mass is 32.1. The summed E-state index contributed by atoms with van der Waals surface area (Å²) in [6, 6.07) is 4.29. The average molecular weight is 344 g/mol. The molecule has 0 bridgehead atoms. The predicted molar refractivity (Wildman–Crippen MR) is 97.1 cm³/mol. The van der Waals surface area contributed by atoms with Crippen LogP contribution < -0.4 is 5.32 Å². The van der Waals surface area contributed by atoms with Crippen LogP contribution in [0.5, 0.6) is 0 Å². The van der Waals surface area contributed by atoms with Gasteiger partial charge in [0.1, 0.15) is 0 Å². The third-order valence-corrected chi connectivity index (χ3v) is 5.21. The summed E-state index contributed by atoms with van der Waals surface area (Å²) in [6.45, 7) is 6.70. The van der Waals surface area contributed by atoms with Crippen LogP contribution in [0.3, 0.4) is 0 Å². The quantitative estimate of drug-likeness (QED) is 0.904. The van der Waals surface area contributed by atoms with Crippen molar-refractivity contribution in [3.8, 4) is 0 Å². The fraction of sp³-hybridized carbons (Fsp3) is 0.500. The molecular weight excluding hydrogens is 320 g/mol. The molecule has 0 aromatic carbocycles. The highest BCUT2D eigenvalue weighted by molar-refractivity contribution is 7.15.